The number of carbonyl (C=O) groups excluding carboxylic acids is 1. The lowest BCUT2D eigenvalue weighted by atomic mass is 10.0. The third-order valence-electron chi connectivity index (χ3n) is 4.01. The average molecular weight is 299 g/mol. The summed E-state index contributed by atoms with van der Waals surface area (Å²) in [5, 5.41) is 10.7. The van der Waals surface area contributed by atoms with Gasteiger partial charge in [-0.3, -0.25) is 14.4 Å². The SMILES string of the molecule is Cn1cc(C(=O)NC2CCN(Cc3ccccc3)CC2)nn1. The van der Waals surface area contributed by atoms with E-state index in [1.54, 1.807) is 13.2 Å². The molecule has 0 radical (unpaired) electrons. The Morgan fingerprint density at radius 3 is 2.64 bits per heavy atom. The molecule has 0 atom stereocenters. The highest BCUT2D eigenvalue weighted by atomic mass is 16.2. The van der Waals surface area contributed by atoms with Crippen LogP contribution in [0.1, 0.15) is 28.9 Å². The predicted octanol–water partition coefficient (Wildman–Crippen LogP) is 1.21. The molecule has 2 heterocycles. The normalized spacial score (nSPS) is 16.6. The van der Waals surface area contributed by atoms with Gasteiger partial charge in [0.1, 0.15) is 0 Å². The summed E-state index contributed by atoms with van der Waals surface area (Å²) >= 11 is 0. The summed E-state index contributed by atoms with van der Waals surface area (Å²) in [5.41, 5.74) is 1.72. The number of benzene rings is 1. The minimum absolute atomic E-state index is 0.130. The molecule has 6 heteroatoms. The summed E-state index contributed by atoms with van der Waals surface area (Å²) in [6.07, 6.45) is 3.58. The topological polar surface area (TPSA) is 63.1 Å². The van der Waals surface area contributed by atoms with Crippen LogP contribution < -0.4 is 5.32 Å². The summed E-state index contributed by atoms with van der Waals surface area (Å²) in [6.45, 7) is 2.98. The minimum Gasteiger partial charge on any atom is -0.348 e. The van der Waals surface area contributed by atoms with Crippen LogP contribution in [0.2, 0.25) is 0 Å². The second kappa shape index (κ2) is 6.70. The second-order valence-electron chi connectivity index (χ2n) is 5.79. The quantitative estimate of drug-likeness (QED) is 0.922. The highest BCUT2D eigenvalue weighted by molar-refractivity contribution is 5.92. The lowest BCUT2D eigenvalue weighted by Crippen LogP contribution is -2.44. The van der Waals surface area contributed by atoms with Crippen LogP contribution in [-0.2, 0) is 13.6 Å². The number of aryl methyl sites for hydroxylation is 1. The lowest BCUT2D eigenvalue weighted by molar-refractivity contribution is 0.0904. The zero-order chi connectivity index (χ0) is 15.4. The zero-order valence-electron chi connectivity index (χ0n) is 12.8. The van der Waals surface area contributed by atoms with Crippen LogP contribution in [0.3, 0.4) is 0 Å². The largest absolute Gasteiger partial charge is 0.348 e. The van der Waals surface area contributed by atoms with Crippen molar-refractivity contribution in [2.75, 3.05) is 13.1 Å². The number of likely N-dealkylation sites (tertiary alicyclic amines) is 1. The molecule has 0 bridgehead atoms. The van der Waals surface area contributed by atoms with Gasteiger partial charge in [0.05, 0.1) is 6.20 Å². The van der Waals surface area contributed by atoms with Crippen LogP contribution in [0.4, 0.5) is 0 Å². The lowest BCUT2D eigenvalue weighted by Gasteiger charge is -2.32. The zero-order valence-corrected chi connectivity index (χ0v) is 12.8. The van der Waals surface area contributed by atoms with Gasteiger partial charge in [0.15, 0.2) is 5.69 Å². The van der Waals surface area contributed by atoms with Gasteiger partial charge >= 0.3 is 0 Å². The van der Waals surface area contributed by atoms with Crippen molar-refractivity contribution in [3.63, 3.8) is 0 Å². The third kappa shape index (κ3) is 3.71. The fourth-order valence-electron chi connectivity index (χ4n) is 2.79. The first kappa shape index (κ1) is 14.7. The molecule has 1 aliphatic rings. The Morgan fingerprint density at radius 2 is 2.00 bits per heavy atom. The van der Waals surface area contributed by atoms with E-state index < -0.39 is 0 Å². The van der Waals surface area contributed by atoms with E-state index in [9.17, 15) is 4.79 Å². The molecule has 0 saturated carbocycles. The van der Waals surface area contributed by atoms with Gasteiger partial charge in [-0.05, 0) is 18.4 Å². The molecule has 6 nitrogen and oxygen atoms in total. The highest BCUT2D eigenvalue weighted by Crippen LogP contribution is 2.14. The van der Waals surface area contributed by atoms with Gasteiger partial charge in [-0.2, -0.15) is 0 Å². The van der Waals surface area contributed by atoms with Gasteiger partial charge in [-0.15, -0.1) is 5.10 Å². The molecule has 0 spiro atoms. The molecular formula is C16H21N5O. The number of nitrogens with zero attached hydrogens (tertiary/aromatic N) is 4. The number of hydrogen-bond donors (Lipinski definition) is 1. The number of rotatable bonds is 4. The van der Waals surface area contributed by atoms with E-state index in [2.05, 4.69) is 44.8 Å². The molecule has 0 unspecified atom stereocenters. The highest BCUT2D eigenvalue weighted by Gasteiger charge is 2.22. The van der Waals surface area contributed by atoms with Crippen molar-refractivity contribution in [3.05, 3.63) is 47.8 Å². The van der Waals surface area contributed by atoms with E-state index in [4.69, 9.17) is 0 Å². The van der Waals surface area contributed by atoms with Gasteiger partial charge in [-0.25, -0.2) is 0 Å². The molecule has 1 amide bonds. The summed E-state index contributed by atoms with van der Waals surface area (Å²) < 4.78 is 1.54. The minimum atomic E-state index is -0.130. The molecule has 3 rings (SSSR count). The van der Waals surface area contributed by atoms with Gasteiger partial charge in [0, 0.05) is 32.7 Å². The maximum absolute atomic E-state index is 12.1. The van der Waals surface area contributed by atoms with Crippen molar-refractivity contribution in [1.29, 1.82) is 0 Å². The van der Waals surface area contributed by atoms with Crippen LogP contribution in [0.25, 0.3) is 0 Å². The van der Waals surface area contributed by atoms with Crippen LogP contribution in [0.15, 0.2) is 36.5 Å². The average Bonchev–Trinajstić information content (AvgIpc) is 2.97. The van der Waals surface area contributed by atoms with Gasteiger partial charge in [0.2, 0.25) is 0 Å². The Balaban J connectivity index is 1.46. The van der Waals surface area contributed by atoms with E-state index >= 15 is 0 Å². The second-order valence-corrected chi connectivity index (χ2v) is 5.79. The summed E-state index contributed by atoms with van der Waals surface area (Å²) in [5.74, 6) is -0.130. The number of carbonyl (C=O) groups is 1. The van der Waals surface area contributed by atoms with E-state index in [0.29, 0.717) is 5.69 Å². The van der Waals surface area contributed by atoms with Crippen LogP contribution in [0, 0.1) is 0 Å². The number of aromatic nitrogens is 3. The fraction of sp³-hybridized carbons (Fsp3) is 0.438. The molecular weight excluding hydrogens is 278 g/mol. The maximum Gasteiger partial charge on any atom is 0.273 e. The van der Waals surface area contributed by atoms with Crippen LogP contribution in [0.5, 0.6) is 0 Å². The van der Waals surface area contributed by atoms with Crippen LogP contribution in [-0.4, -0.2) is 44.9 Å². The molecule has 116 valence electrons. The predicted molar refractivity (Wildman–Crippen MR) is 83.2 cm³/mol. The first-order valence-electron chi connectivity index (χ1n) is 7.64. The van der Waals surface area contributed by atoms with Crippen molar-refractivity contribution < 1.29 is 4.79 Å². The summed E-state index contributed by atoms with van der Waals surface area (Å²) in [6, 6.07) is 10.7. The van der Waals surface area contributed by atoms with Gasteiger partial charge in [-0.1, -0.05) is 35.5 Å². The molecule has 1 aromatic heterocycles. The Labute approximate surface area is 130 Å². The molecule has 2 aromatic rings. The van der Waals surface area contributed by atoms with Crippen molar-refractivity contribution in [2.45, 2.75) is 25.4 Å². The molecule has 1 N–H and O–H groups in total. The summed E-state index contributed by atoms with van der Waals surface area (Å²) in [7, 11) is 1.76. The Bertz CT molecular complexity index is 616. The maximum atomic E-state index is 12.1. The first-order chi connectivity index (χ1) is 10.7. The van der Waals surface area contributed by atoms with Crippen molar-refractivity contribution in [2.24, 2.45) is 7.05 Å². The standard InChI is InChI=1S/C16H21N5O/c1-20-12-15(18-19-20)16(22)17-14-7-9-21(10-8-14)11-13-5-3-2-4-6-13/h2-6,12,14H,7-11H2,1H3,(H,17,22). The molecule has 1 aromatic carbocycles. The smallest absolute Gasteiger partial charge is 0.273 e. The summed E-state index contributed by atoms with van der Waals surface area (Å²) in [4.78, 5) is 14.5. The van der Waals surface area contributed by atoms with Crippen molar-refractivity contribution in [1.82, 2.24) is 25.2 Å². The number of piperidine rings is 1. The monoisotopic (exact) mass is 299 g/mol. The third-order valence-corrected chi connectivity index (χ3v) is 4.01. The van der Waals surface area contributed by atoms with Gasteiger partial charge < -0.3 is 5.32 Å². The van der Waals surface area contributed by atoms with E-state index in [-0.39, 0.29) is 11.9 Å². The Hall–Kier alpha value is -2.21. The Kier molecular flexibility index (Phi) is 4.48. The van der Waals surface area contributed by atoms with E-state index in [0.717, 1.165) is 32.5 Å². The van der Waals surface area contributed by atoms with E-state index in [1.807, 2.05) is 6.07 Å². The molecule has 1 fully saturated rings. The molecule has 1 aliphatic heterocycles. The molecule has 0 aliphatic carbocycles. The molecule has 1 saturated heterocycles. The van der Waals surface area contributed by atoms with Gasteiger partial charge in [0.25, 0.3) is 5.91 Å². The van der Waals surface area contributed by atoms with Crippen molar-refractivity contribution >= 4 is 5.91 Å². The number of hydrogen-bond acceptors (Lipinski definition) is 4. The Morgan fingerprint density at radius 1 is 1.27 bits per heavy atom. The number of nitrogens with one attached hydrogen (secondary N) is 1. The van der Waals surface area contributed by atoms with E-state index in [1.165, 1.54) is 10.2 Å². The molecule has 22 heavy (non-hydrogen) atoms. The fourth-order valence-corrected chi connectivity index (χ4v) is 2.79. The first-order valence-corrected chi connectivity index (χ1v) is 7.64. The van der Waals surface area contributed by atoms with Crippen LogP contribution >= 0.6 is 0 Å². The van der Waals surface area contributed by atoms with Crippen molar-refractivity contribution in [3.8, 4) is 0 Å². The number of amides is 1.